The van der Waals surface area contributed by atoms with Gasteiger partial charge in [-0.15, -0.1) is 24.0 Å². The third-order valence-electron chi connectivity index (χ3n) is 3.53. The second kappa shape index (κ2) is 9.88. The van der Waals surface area contributed by atoms with Crippen molar-refractivity contribution in [2.45, 2.75) is 32.9 Å². The molecule has 7 heteroatoms. The maximum Gasteiger partial charge on any atom is 0.194 e. The van der Waals surface area contributed by atoms with Crippen molar-refractivity contribution in [3.63, 3.8) is 0 Å². The molecule has 1 heterocycles. The molecule has 0 aliphatic rings. The average molecular weight is 463 g/mol. The Morgan fingerprint density at radius 2 is 2.08 bits per heavy atom. The molecule has 5 nitrogen and oxygen atoms in total. The lowest BCUT2D eigenvalue weighted by atomic mass is 10.1. The van der Waals surface area contributed by atoms with E-state index in [9.17, 15) is 0 Å². The highest BCUT2D eigenvalue weighted by molar-refractivity contribution is 14.0. The standard InChI is InChI=1S/C17H23ClN4O.HI/c1-12(2)16-9-14(23-21-16)10-20-17(19-3)22(4)11-13-7-5-6-8-15(13)18;/h5-9,12H,10-11H2,1-4H3,(H,19,20);1H. The van der Waals surface area contributed by atoms with Gasteiger partial charge < -0.3 is 14.7 Å². The van der Waals surface area contributed by atoms with Crippen LogP contribution in [0, 0.1) is 0 Å². The predicted molar refractivity (Wildman–Crippen MR) is 109 cm³/mol. The number of hydrogen-bond donors (Lipinski definition) is 1. The molecular weight excluding hydrogens is 439 g/mol. The van der Waals surface area contributed by atoms with E-state index in [0.29, 0.717) is 19.0 Å². The number of halogens is 2. The molecular formula is C17H24ClIN4O. The first-order valence-corrected chi connectivity index (χ1v) is 7.99. The zero-order valence-electron chi connectivity index (χ0n) is 14.4. The molecule has 0 bridgehead atoms. The molecule has 0 spiro atoms. The molecule has 0 amide bonds. The maximum absolute atomic E-state index is 6.21. The van der Waals surface area contributed by atoms with Crippen LogP contribution in [0.4, 0.5) is 0 Å². The smallest absolute Gasteiger partial charge is 0.194 e. The Labute approximate surface area is 165 Å². The molecule has 1 N–H and O–H groups in total. The molecule has 0 unspecified atom stereocenters. The van der Waals surface area contributed by atoms with Crippen LogP contribution in [0.2, 0.25) is 5.02 Å². The summed E-state index contributed by atoms with van der Waals surface area (Å²) in [4.78, 5) is 6.31. The van der Waals surface area contributed by atoms with Gasteiger partial charge in [0.2, 0.25) is 0 Å². The van der Waals surface area contributed by atoms with Crippen LogP contribution >= 0.6 is 35.6 Å². The molecule has 0 fully saturated rings. The molecule has 0 aliphatic carbocycles. The van der Waals surface area contributed by atoms with E-state index >= 15 is 0 Å². The van der Waals surface area contributed by atoms with Crippen LogP contribution in [0.5, 0.6) is 0 Å². The molecule has 1 aromatic heterocycles. The Kier molecular flexibility index (Phi) is 8.55. The number of benzene rings is 1. The second-order valence-corrected chi connectivity index (χ2v) is 6.13. The van der Waals surface area contributed by atoms with Gasteiger partial charge in [0, 0.05) is 31.7 Å². The molecule has 0 atom stereocenters. The lowest BCUT2D eigenvalue weighted by Gasteiger charge is -2.22. The summed E-state index contributed by atoms with van der Waals surface area (Å²) in [5, 5.41) is 8.09. The van der Waals surface area contributed by atoms with Crippen LogP contribution in [-0.4, -0.2) is 30.1 Å². The van der Waals surface area contributed by atoms with E-state index in [1.807, 2.05) is 42.3 Å². The van der Waals surface area contributed by atoms with Gasteiger partial charge in [-0.25, -0.2) is 0 Å². The highest BCUT2D eigenvalue weighted by Gasteiger charge is 2.11. The van der Waals surface area contributed by atoms with Crippen LogP contribution in [0.15, 0.2) is 39.8 Å². The van der Waals surface area contributed by atoms with Gasteiger partial charge in [-0.1, -0.05) is 48.8 Å². The molecule has 2 aromatic rings. The fourth-order valence-corrected chi connectivity index (χ4v) is 2.39. The number of hydrogen-bond acceptors (Lipinski definition) is 3. The van der Waals surface area contributed by atoms with Crippen molar-refractivity contribution in [1.82, 2.24) is 15.4 Å². The number of rotatable bonds is 5. The lowest BCUT2D eigenvalue weighted by Crippen LogP contribution is -2.38. The van der Waals surface area contributed by atoms with Crippen molar-refractivity contribution >= 4 is 41.5 Å². The summed E-state index contributed by atoms with van der Waals surface area (Å²) in [6.07, 6.45) is 0. The summed E-state index contributed by atoms with van der Waals surface area (Å²) in [7, 11) is 3.73. The normalized spacial score (nSPS) is 11.3. The highest BCUT2D eigenvalue weighted by atomic mass is 127. The summed E-state index contributed by atoms with van der Waals surface area (Å²) >= 11 is 6.21. The van der Waals surface area contributed by atoms with Crippen molar-refractivity contribution in [3.05, 3.63) is 52.4 Å². The van der Waals surface area contributed by atoms with Crippen molar-refractivity contribution in [1.29, 1.82) is 0 Å². The second-order valence-electron chi connectivity index (χ2n) is 5.72. The van der Waals surface area contributed by atoms with Crippen molar-refractivity contribution in [2.24, 2.45) is 4.99 Å². The number of aliphatic imine (C=N–C) groups is 1. The largest absolute Gasteiger partial charge is 0.359 e. The van der Waals surface area contributed by atoms with E-state index in [0.717, 1.165) is 28.0 Å². The van der Waals surface area contributed by atoms with Gasteiger partial charge in [-0.05, 0) is 17.5 Å². The van der Waals surface area contributed by atoms with Crippen LogP contribution in [0.25, 0.3) is 0 Å². The SMILES string of the molecule is CN=C(NCc1cc(C(C)C)no1)N(C)Cc1ccccc1Cl.I. The molecule has 0 radical (unpaired) electrons. The van der Waals surface area contributed by atoms with Crippen molar-refractivity contribution in [2.75, 3.05) is 14.1 Å². The minimum Gasteiger partial charge on any atom is -0.359 e. The Morgan fingerprint density at radius 1 is 1.38 bits per heavy atom. The molecule has 132 valence electrons. The first-order chi connectivity index (χ1) is 11.0. The van der Waals surface area contributed by atoms with E-state index in [-0.39, 0.29) is 24.0 Å². The minimum atomic E-state index is 0. The van der Waals surface area contributed by atoms with E-state index in [1.54, 1.807) is 7.05 Å². The Hall–Kier alpha value is -1.28. The zero-order chi connectivity index (χ0) is 16.8. The van der Waals surface area contributed by atoms with E-state index in [4.69, 9.17) is 16.1 Å². The van der Waals surface area contributed by atoms with Gasteiger partial charge >= 0.3 is 0 Å². The number of guanidine groups is 1. The first kappa shape index (κ1) is 20.8. The molecule has 0 saturated carbocycles. The minimum absolute atomic E-state index is 0. The molecule has 0 saturated heterocycles. The lowest BCUT2D eigenvalue weighted by molar-refractivity contribution is 0.369. The fourth-order valence-electron chi connectivity index (χ4n) is 2.19. The van der Waals surface area contributed by atoms with Gasteiger partial charge in [-0.3, -0.25) is 4.99 Å². The van der Waals surface area contributed by atoms with Crippen molar-refractivity contribution < 1.29 is 4.52 Å². The van der Waals surface area contributed by atoms with Gasteiger partial charge in [0.25, 0.3) is 0 Å². The zero-order valence-corrected chi connectivity index (χ0v) is 17.5. The molecule has 24 heavy (non-hydrogen) atoms. The Morgan fingerprint density at radius 3 is 2.67 bits per heavy atom. The van der Waals surface area contributed by atoms with Gasteiger partial charge in [0.15, 0.2) is 11.7 Å². The van der Waals surface area contributed by atoms with E-state index < -0.39 is 0 Å². The fraction of sp³-hybridized carbons (Fsp3) is 0.412. The third-order valence-corrected chi connectivity index (χ3v) is 3.90. The molecule has 0 aliphatic heterocycles. The summed E-state index contributed by atoms with van der Waals surface area (Å²) in [6.45, 7) is 5.39. The van der Waals surface area contributed by atoms with Gasteiger partial charge in [0.1, 0.15) is 0 Å². The summed E-state index contributed by atoms with van der Waals surface area (Å²) < 4.78 is 5.33. The molecule has 1 aromatic carbocycles. The van der Waals surface area contributed by atoms with Gasteiger partial charge in [-0.2, -0.15) is 0 Å². The summed E-state index contributed by atoms with van der Waals surface area (Å²) in [6, 6.07) is 9.78. The average Bonchev–Trinajstić information content (AvgIpc) is 2.99. The summed E-state index contributed by atoms with van der Waals surface area (Å²) in [5.41, 5.74) is 2.02. The highest BCUT2D eigenvalue weighted by Crippen LogP contribution is 2.17. The van der Waals surface area contributed by atoms with Crippen LogP contribution in [0.3, 0.4) is 0 Å². The monoisotopic (exact) mass is 462 g/mol. The third kappa shape index (κ3) is 5.66. The van der Waals surface area contributed by atoms with E-state index in [1.165, 1.54) is 0 Å². The Bertz CT molecular complexity index is 672. The quantitative estimate of drug-likeness (QED) is 0.409. The first-order valence-electron chi connectivity index (χ1n) is 7.62. The van der Waals surface area contributed by atoms with Crippen LogP contribution < -0.4 is 5.32 Å². The number of aromatic nitrogens is 1. The van der Waals surface area contributed by atoms with Crippen molar-refractivity contribution in [3.8, 4) is 0 Å². The maximum atomic E-state index is 6.21. The Balaban J connectivity index is 0.00000288. The summed E-state index contributed by atoms with van der Waals surface area (Å²) in [5.74, 6) is 1.92. The van der Waals surface area contributed by atoms with Gasteiger partial charge in [0.05, 0.1) is 12.2 Å². The van der Waals surface area contributed by atoms with Crippen LogP contribution in [0.1, 0.15) is 36.8 Å². The van der Waals surface area contributed by atoms with Crippen LogP contribution in [-0.2, 0) is 13.1 Å². The predicted octanol–water partition coefficient (Wildman–Crippen LogP) is 4.28. The number of nitrogens with zero attached hydrogens (tertiary/aromatic N) is 3. The number of nitrogens with one attached hydrogen (secondary N) is 1. The molecule has 2 rings (SSSR count). The topological polar surface area (TPSA) is 53.7 Å². The van der Waals surface area contributed by atoms with E-state index in [2.05, 4.69) is 29.3 Å².